The van der Waals surface area contributed by atoms with Gasteiger partial charge in [0, 0.05) is 6.07 Å². The largest absolute Gasteiger partial charge is 0.494 e. The zero-order valence-electron chi connectivity index (χ0n) is 9.53. The van der Waals surface area contributed by atoms with Gasteiger partial charge in [-0.3, -0.25) is 0 Å². The Kier molecular flexibility index (Phi) is 3.49. The molecule has 0 unspecified atom stereocenters. The summed E-state index contributed by atoms with van der Waals surface area (Å²) in [6.07, 6.45) is 0. The Morgan fingerprint density at radius 1 is 1.59 bits per heavy atom. The van der Waals surface area contributed by atoms with E-state index in [9.17, 15) is 0 Å². The summed E-state index contributed by atoms with van der Waals surface area (Å²) in [6.45, 7) is 1.97. The van der Waals surface area contributed by atoms with E-state index in [1.165, 1.54) is 0 Å². The molecule has 0 saturated carbocycles. The van der Waals surface area contributed by atoms with Crippen molar-refractivity contribution in [3.05, 3.63) is 17.1 Å². The zero-order valence-corrected chi connectivity index (χ0v) is 11.1. The van der Waals surface area contributed by atoms with Gasteiger partial charge < -0.3 is 10.5 Å². The molecule has 0 saturated heterocycles. The highest BCUT2D eigenvalue weighted by atomic mass is 35.5. The van der Waals surface area contributed by atoms with Crippen molar-refractivity contribution < 1.29 is 4.74 Å². The van der Waals surface area contributed by atoms with E-state index in [0.717, 1.165) is 15.2 Å². The quantitative estimate of drug-likeness (QED) is 0.529. The summed E-state index contributed by atoms with van der Waals surface area (Å²) < 4.78 is 6.33. The molecule has 0 spiro atoms. The Morgan fingerprint density at radius 2 is 2.35 bits per heavy atom. The summed E-state index contributed by atoms with van der Waals surface area (Å²) >= 11 is 7.22. The molecule has 0 fully saturated rings. The highest BCUT2D eigenvalue weighted by molar-refractivity contribution is 7.18. The number of hydrogen-bond acceptors (Lipinski definition) is 4. The SMILES string of the molecule is COc1cc2nc(C)sc2cc1N=C(N)CCl. The predicted octanol–water partition coefficient (Wildman–Crippen LogP) is 2.84. The van der Waals surface area contributed by atoms with Crippen LogP contribution < -0.4 is 10.5 Å². The van der Waals surface area contributed by atoms with Crippen LogP contribution in [0.15, 0.2) is 17.1 Å². The number of alkyl halides is 1. The number of halogens is 1. The van der Waals surface area contributed by atoms with Crippen molar-refractivity contribution in [3.8, 4) is 5.75 Å². The van der Waals surface area contributed by atoms with Gasteiger partial charge in [0.25, 0.3) is 0 Å². The van der Waals surface area contributed by atoms with Crippen molar-refractivity contribution in [3.63, 3.8) is 0 Å². The van der Waals surface area contributed by atoms with E-state index < -0.39 is 0 Å². The molecular formula is C11H12ClN3OS. The fraction of sp³-hybridized carbons (Fsp3) is 0.273. The third-order valence-electron chi connectivity index (χ3n) is 2.20. The second-order valence-electron chi connectivity index (χ2n) is 3.46. The summed E-state index contributed by atoms with van der Waals surface area (Å²) in [5.74, 6) is 1.21. The zero-order chi connectivity index (χ0) is 12.4. The summed E-state index contributed by atoms with van der Waals surface area (Å²) in [5.41, 5.74) is 7.22. The number of hydrogen-bond donors (Lipinski definition) is 1. The Bertz CT molecular complexity index is 579. The second-order valence-corrected chi connectivity index (χ2v) is 4.96. The van der Waals surface area contributed by atoms with Crippen LogP contribution in [0.25, 0.3) is 10.2 Å². The Balaban J connectivity index is 2.60. The van der Waals surface area contributed by atoms with Crippen molar-refractivity contribution >= 4 is 44.7 Å². The van der Waals surface area contributed by atoms with E-state index in [-0.39, 0.29) is 5.88 Å². The van der Waals surface area contributed by atoms with E-state index in [1.807, 2.05) is 19.1 Å². The van der Waals surface area contributed by atoms with Crippen LogP contribution in [-0.2, 0) is 0 Å². The molecule has 1 heterocycles. The number of nitrogens with two attached hydrogens (primary N) is 1. The Hall–Kier alpha value is -1.33. The third-order valence-corrected chi connectivity index (χ3v) is 3.40. The fourth-order valence-corrected chi connectivity index (χ4v) is 2.40. The fourth-order valence-electron chi connectivity index (χ4n) is 1.49. The van der Waals surface area contributed by atoms with Crippen LogP contribution >= 0.6 is 22.9 Å². The molecule has 0 bridgehead atoms. The van der Waals surface area contributed by atoms with Gasteiger partial charge in [-0.05, 0) is 13.0 Å². The average molecular weight is 270 g/mol. The van der Waals surface area contributed by atoms with Crippen LogP contribution in [0.4, 0.5) is 5.69 Å². The normalized spacial score (nSPS) is 12.1. The molecule has 2 rings (SSSR count). The molecule has 6 heteroatoms. The maximum atomic E-state index is 5.63. The number of aliphatic imine (C=N–C) groups is 1. The lowest BCUT2D eigenvalue weighted by Gasteiger charge is -2.04. The van der Waals surface area contributed by atoms with E-state index in [2.05, 4.69) is 9.98 Å². The van der Waals surface area contributed by atoms with Crippen LogP contribution in [0.1, 0.15) is 5.01 Å². The minimum absolute atomic E-state index is 0.197. The number of aryl methyl sites for hydroxylation is 1. The van der Waals surface area contributed by atoms with E-state index in [1.54, 1.807) is 18.4 Å². The maximum absolute atomic E-state index is 5.63. The van der Waals surface area contributed by atoms with Crippen molar-refractivity contribution in [2.24, 2.45) is 10.7 Å². The molecule has 0 amide bonds. The molecule has 0 aliphatic rings. The molecule has 17 heavy (non-hydrogen) atoms. The Morgan fingerprint density at radius 3 is 3.00 bits per heavy atom. The smallest absolute Gasteiger partial charge is 0.146 e. The number of benzene rings is 1. The minimum atomic E-state index is 0.197. The van der Waals surface area contributed by atoms with Crippen LogP contribution in [0.2, 0.25) is 0 Å². The van der Waals surface area contributed by atoms with Crippen LogP contribution in [0.5, 0.6) is 5.75 Å². The van der Waals surface area contributed by atoms with Gasteiger partial charge in [0.1, 0.15) is 17.3 Å². The molecule has 0 aliphatic heterocycles. The highest BCUT2D eigenvalue weighted by Crippen LogP contribution is 2.34. The van der Waals surface area contributed by atoms with E-state index >= 15 is 0 Å². The summed E-state index contributed by atoms with van der Waals surface area (Å²) in [4.78, 5) is 8.62. The third kappa shape index (κ3) is 2.50. The number of fused-ring (bicyclic) bond motifs is 1. The number of ether oxygens (including phenoxy) is 1. The van der Waals surface area contributed by atoms with E-state index in [4.69, 9.17) is 22.1 Å². The molecule has 0 atom stereocenters. The first-order chi connectivity index (χ1) is 8.13. The molecule has 2 N–H and O–H groups in total. The molecule has 1 aromatic carbocycles. The molecule has 2 aromatic rings. The van der Waals surface area contributed by atoms with Crippen LogP contribution in [0.3, 0.4) is 0 Å². The topological polar surface area (TPSA) is 60.5 Å². The second kappa shape index (κ2) is 4.89. The molecule has 90 valence electrons. The molecule has 0 radical (unpaired) electrons. The lowest BCUT2D eigenvalue weighted by molar-refractivity contribution is 0.416. The number of rotatable bonds is 3. The molecule has 1 aromatic heterocycles. The van der Waals surface area contributed by atoms with Crippen molar-refractivity contribution in [2.45, 2.75) is 6.92 Å². The van der Waals surface area contributed by atoms with Crippen LogP contribution in [0, 0.1) is 6.92 Å². The first-order valence-corrected chi connectivity index (χ1v) is 6.33. The first-order valence-electron chi connectivity index (χ1n) is 4.98. The summed E-state index contributed by atoms with van der Waals surface area (Å²) in [6, 6.07) is 3.78. The van der Waals surface area contributed by atoms with Gasteiger partial charge >= 0.3 is 0 Å². The van der Waals surface area contributed by atoms with Gasteiger partial charge in [-0.2, -0.15) is 0 Å². The predicted molar refractivity (Wildman–Crippen MR) is 72.9 cm³/mol. The summed E-state index contributed by atoms with van der Waals surface area (Å²) in [5, 5.41) is 1.01. The lowest BCUT2D eigenvalue weighted by Crippen LogP contribution is -2.12. The van der Waals surface area contributed by atoms with Gasteiger partial charge in [0.05, 0.1) is 28.2 Å². The summed E-state index contributed by atoms with van der Waals surface area (Å²) in [7, 11) is 1.59. The molecule has 4 nitrogen and oxygen atoms in total. The van der Waals surface area contributed by atoms with Gasteiger partial charge in [0.2, 0.25) is 0 Å². The number of amidine groups is 1. The minimum Gasteiger partial charge on any atom is -0.494 e. The Labute approximate surface area is 108 Å². The lowest BCUT2D eigenvalue weighted by atomic mass is 10.2. The molecular weight excluding hydrogens is 258 g/mol. The van der Waals surface area contributed by atoms with Gasteiger partial charge in [-0.25, -0.2) is 9.98 Å². The monoisotopic (exact) mass is 269 g/mol. The molecule has 0 aliphatic carbocycles. The average Bonchev–Trinajstić information content (AvgIpc) is 2.67. The van der Waals surface area contributed by atoms with E-state index in [0.29, 0.717) is 17.3 Å². The van der Waals surface area contributed by atoms with Crippen molar-refractivity contribution in [1.82, 2.24) is 4.98 Å². The van der Waals surface area contributed by atoms with Crippen molar-refractivity contribution in [2.75, 3.05) is 13.0 Å². The number of aromatic nitrogens is 1. The van der Waals surface area contributed by atoms with Gasteiger partial charge in [-0.1, -0.05) is 0 Å². The maximum Gasteiger partial charge on any atom is 0.146 e. The number of thiazole rings is 1. The van der Waals surface area contributed by atoms with Crippen molar-refractivity contribution in [1.29, 1.82) is 0 Å². The van der Waals surface area contributed by atoms with Gasteiger partial charge in [0.15, 0.2) is 0 Å². The van der Waals surface area contributed by atoms with Gasteiger partial charge in [-0.15, -0.1) is 22.9 Å². The standard InChI is InChI=1S/C11H12ClN3OS/c1-6-14-8-3-9(16-2)7(4-10(8)17-6)15-11(13)5-12/h3-4H,5H2,1-2H3,(H2,13,15). The highest BCUT2D eigenvalue weighted by Gasteiger charge is 2.08. The first kappa shape index (κ1) is 12.1. The number of methoxy groups -OCH3 is 1. The number of nitrogens with zero attached hydrogens (tertiary/aromatic N) is 2. The van der Waals surface area contributed by atoms with Crippen LogP contribution in [-0.4, -0.2) is 23.8 Å².